The maximum absolute atomic E-state index is 6.42. The van der Waals surface area contributed by atoms with Crippen LogP contribution in [0.15, 0.2) is 186 Å². The standard InChI is InChI=1S/C47H30N2OS/c1-4-12-31(13-5-1)37-25-26-38(40-19-11-10-18-39(37)40)32-20-22-35(23-21-32)49(34-16-8-3-9-17-34)36-24-28-43-41(30-36)45-44(50-43)29-27-42-46(45)51-47(48-42)33-14-6-2-7-15-33/h1-30H. The summed E-state index contributed by atoms with van der Waals surface area (Å²) in [5.41, 5.74) is 12.0. The molecule has 10 aromatic rings. The van der Waals surface area contributed by atoms with Gasteiger partial charge in [0.15, 0.2) is 0 Å². The van der Waals surface area contributed by atoms with Crippen molar-refractivity contribution in [2.75, 3.05) is 4.90 Å². The third-order valence-corrected chi connectivity index (χ3v) is 10.8. The fraction of sp³-hybridized carbons (Fsp3) is 0. The maximum Gasteiger partial charge on any atom is 0.137 e. The van der Waals surface area contributed by atoms with Crippen LogP contribution >= 0.6 is 11.3 Å². The second-order valence-electron chi connectivity index (χ2n) is 12.7. The molecule has 4 heteroatoms. The summed E-state index contributed by atoms with van der Waals surface area (Å²) in [7, 11) is 0. The first kappa shape index (κ1) is 29.4. The molecule has 240 valence electrons. The summed E-state index contributed by atoms with van der Waals surface area (Å²) in [6, 6.07) is 64.4. The van der Waals surface area contributed by atoms with Gasteiger partial charge in [0, 0.05) is 33.4 Å². The first-order chi connectivity index (χ1) is 25.3. The number of rotatable bonds is 6. The summed E-state index contributed by atoms with van der Waals surface area (Å²) >= 11 is 1.72. The highest BCUT2D eigenvalue weighted by molar-refractivity contribution is 7.22. The highest BCUT2D eigenvalue weighted by atomic mass is 32.1. The van der Waals surface area contributed by atoms with E-state index in [4.69, 9.17) is 9.40 Å². The summed E-state index contributed by atoms with van der Waals surface area (Å²) < 4.78 is 7.56. The molecule has 0 aliphatic rings. The lowest BCUT2D eigenvalue weighted by Gasteiger charge is -2.25. The van der Waals surface area contributed by atoms with Crippen LogP contribution in [0.4, 0.5) is 17.1 Å². The topological polar surface area (TPSA) is 29.3 Å². The van der Waals surface area contributed by atoms with Crippen LogP contribution in [0.25, 0.3) is 75.8 Å². The molecule has 51 heavy (non-hydrogen) atoms. The molecular weight excluding hydrogens is 641 g/mol. The van der Waals surface area contributed by atoms with Crippen molar-refractivity contribution >= 4 is 71.3 Å². The summed E-state index contributed by atoms with van der Waals surface area (Å²) in [6.45, 7) is 0. The molecule has 0 atom stereocenters. The number of hydrogen-bond donors (Lipinski definition) is 0. The number of furan rings is 1. The first-order valence-electron chi connectivity index (χ1n) is 17.1. The molecule has 8 aromatic carbocycles. The Morgan fingerprint density at radius 2 is 0.980 bits per heavy atom. The fourth-order valence-corrected chi connectivity index (χ4v) is 8.43. The van der Waals surface area contributed by atoms with Gasteiger partial charge in [-0.2, -0.15) is 0 Å². The molecule has 0 aliphatic carbocycles. The number of hydrogen-bond acceptors (Lipinski definition) is 4. The van der Waals surface area contributed by atoms with Gasteiger partial charge in [0.05, 0.1) is 10.2 Å². The highest BCUT2D eigenvalue weighted by Crippen LogP contribution is 2.44. The molecule has 0 unspecified atom stereocenters. The van der Waals surface area contributed by atoms with Crippen molar-refractivity contribution < 1.29 is 4.42 Å². The normalized spacial score (nSPS) is 11.5. The van der Waals surface area contributed by atoms with Gasteiger partial charge in [0.1, 0.15) is 16.2 Å². The van der Waals surface area contributed by atoms with Gasteiger partial charge in [0.2, 0.25) is 0 Å². The molecule has 0 saturated heterocycles. The van der Waals surface area contributed by atoms with E-state index in [-0.39, 0.29) is 0 Å². The summed E-state index contributed by atoms with van der Waals surface area (Å²) in [5, 5.41) is 5.70. The minimum Gasteiger partial charge on any atom is -0.456 e. The minimum atomic E-state index is 0.866. The molecule has 0 aliphatic heterocycles. The van der Waals surface area contributed by atoms with E-state index in [9.17, 15) is 0 Å². The van der Waals surface area contributed by atoms with Crippen LogP contribution in [0.1, 0.15) is 0 Å². The lowest BCUT2D eigenvalue weighted by Crippen LogP contribution is -2.09. The van der Waals surface area contributed by atoms with E-state index in [1.165, 1.54) is 33.0 Å². The fourth-order valence-electron chi connectivity index (χ4n) is 7.31. The van der Waals surface area contributed by atoms with Gasteiger partial charge in [-0.3, -0.25) is 0 Å². The molecule has 0 N–H and O–H groups in total. The van der Waals surface area contributed by atoms with Crippen molar-refractivity contribution in [2.45, 2.75) is 0 Å². The quantitative estimate of drug-likeness (QED) is 0.176. The van der Waals surface area contributed by atoms with E-state index in [0.717, 1.165) is 59.8 Å². The molecule has 2 heterocycles. The smallest absolute Gasteiger partial charge is 0.137 e. The summed E-state index contributed by atoms with van der Waals surface area (Å²) in [4.78, 5) is 7.33. The van der Waals surface area contributed by atoms with Crippen molar-refractivity contribution in [2.24, 2.45) is 0 Å². The Labute approximate surface area is 299 Å². The Bertz CT molecular complexity index is 2840. The third kappa shape index (κ3) is 5.08. The number of benzene rings is 8. The number of nitrogens with zero attached hydrogens (tertiary/aromatic N) is 2. The van der Waals surface area contributed by atoms with Crippen LogP contribution in [-0.2, 0) is 0 Å². The second kappa shape index (κ2) is 12.1. The van der Waals surface area contributed by atoms with Gasteiger partial charge < -0.3 is 9.32 Å². The highest BCUT2D eigenvalue weighted by Gasteiger charge is 2.19. The molecular formula is C47H30N2OS. The minimum absolute atomic E-state index is 0.866. The molecule has 0 radical (unpaired) electrons. The Hall–Kier alpha value is -6.49. The van der Waals surface area contributed by atoms with E-state index in [1.807, 2.05) is 6.07 Å². The van der Waals surface area contributed by atoms with Gasteiger partial charge in [-0.25, -0.2) is 4.98 Å². The lowest BCUT2D eigenvalue weighted by molar-refractivity contribution is 0.669. The van der Waals surface area contributed by atoms with Crippen LogP contribution in [-0.4, -0.2) is 4.98 Å². The van der Waals surface area contributed by atoms with Crippen molar-refractivity contribution in [1.29, 1.82) is 0 Å². The zero-order chi connectivity index (χ0) is 33.7. The third-order valence-electron chi connectivity index (χ3n) is 9.71. The maximum atomic E-state index is 6.42. The Morgan fingerprint density at radius 3 is 1.67 bits per heavy atom. The average Bonchev–Trinajstić information content (AvgIpc) is 3.81. The zero-order valence-corrected chi connectivity index (χ0v) is 28.3. The van der Waals surface area contributed by atoms with E-state index in [1.54, 1.807) is 11.3 Å². The van der Waals surface area contributed by atoms with Gasteiger partial charge in [-0.1, -0.05) is 127 Å². The molecule has 0 bridgehead atoms. The van der Waals surface area contributed by atoms with Gasteiger partial charge in [0.25, 0.3) is 0 Å². The number of fused-ring (bicyclic) bond motifs is 6. The largest absolute Gasteiger partial charge is 0.456 e. The molecule has 0 amide bonds. The van der Waals surface area contributed by atoms with Crippen molar-refractivity contribution in [3.8, 4) is 32.8 Å². The zero-order valence-electron chi connectivity index (χ0n) is 27.5. The van der Waals surface area contributed by atoms with E-state index < -0.39 is 0 Å². The number of aromatic nitrogens is 1. The van der Waals surface area contributed by atoms with Gasteiger partial charge >= 0.3 is 0 Å². The summed E-state index contributed by atoms with van der Waals surface area (Å²) in [5.74, 6) is 0. The number of anilines is 3. The van der Waals surface area contributed by atoms with Crippen LogP contribution in [0.5, 0.6) is 0 Å². The van der Waals surface area contributed by atoms with E-state index in [2.05, 4.69) is 181 Å². The molecule has 2 aromatic heterocycles. The molecule has 3 nitrogen and oxygen atoms in total. The van der Waals surface area contributed by atoms with Crippen LogP contribution in [0.3, 0.4) is 0 Å². The Balaban J connectivity index is 1.09. The molecule has 0 spiro atoms. The molecule has 10 rings (SSSR count). The first-order valence-corrected chi connectivity index (χ1v) is 17.9. The van der Waals surface area contributed by atoms with Crippen LogP contribution < -0.4 is 4.90 Å². The lowest BCUT2D eigenvalue weighted by atomic mass is 9.92. The van der Waals surface area contributed by atoms with Gasteiger partial charge in [-0.05, 0) is 87.6 Å². The number of para-hydroxylation sites is 1. The van der Waals surface area contributed by atoms with Crippen molar-refractivity contribution in [1.82, 2.24) is 4.98 Å². The summed E-state index contributed by atoms with van der Waals surface area (Å²) in [6.07, 6.45) is 0. The SMILES string of the molecule is c1ccc(-c2nc3ccc4oc5ccc(N(c6ccccc6)c6ccc(-c7ccc(-c8ccccc8)c8ccccc78)cc6)cc5c4c3s2)cc1. The van der Waals surface area contributed by atoms with Crippen LogP contribution in [0.2, 0.25) is 0 Å². The van der Waals surface area contributed by atoms with Crippen LogP contribution in [0, 0.1) is 0 Å². The predicted molar refractivity (Wildman–Crippen MR) is 215 cm³/mol. The monoisotopic (exact) mass is 670 g/mol. The molecule has 0 saturated carbocycles. The predicted octanol–water partition coefficient (Wildman–Crippen LogP) is 13.8. The van der Waals surface area contributed by atoms with Crippen molar-refractivity contribution in [3.05, 3.63) is 182 Å². The van der Waals surface area contributed by atoms with Crippen molar-refractivity contribution in [3.63, 3.8) is 0 Å². The Morgan fingerprint density at radius 1 is 0.431 bits per heavy atom. The molecule has 0 fully saturated rings. The van der Waals surface area contributed by atoms with E-state index in [0.29, 0.717) is 0 Å². The van der Waals surface area contributed by atoms with Gasteiger partial charge in [-0.15, -0.1) is 11.3 Å². The number of thiazole rings is 1. The van der Waals surface area contributed by atoms with E-state index >= 15 is 0 Å². The average molecular weight is 671 g/mol. The Kier molecular flexibility index (Phi) is 7.00. The second-order valence-corrected chi connectivity index (χ2v) is 13.7.